The predicted octanol–water partition coefficient (Wildman–Crippen LogP) is 0.556. The molecular weight excluding hydrogens is 146 g/mol. The van der Waals surface area contributed by atoms with Crippen LogP contribution in [0.25, 0.3) is 0 Å². The average molecular weight is 153 g/mol. The molecule has 1 N–H and O–H groups in total. The van der Waals surface area contributed by atoms with Crippen LogP contribution >= 0.6 is 0 Å². The topological polar surface area (TPSA) is 59.3 Å². The lowest BCUT2D eigenvalue weighted by Gasteiger charge is -1.94. The lowest BCUT2D eigenvalue weighted by Crippen LogP contribution is -2.27. The Morgan fingerprint density at radius 1 is 1.55 bits per heavy atom. The Bertz CT molecular complexity index is 263. The molecule has 11 heavy (non-hydrogen) atoms. The third kappa shape index (κ3) is 1.93. The summed E-state index contributed by atoms with van der Waals surface area (Å²) in [5.41, 5.74) is 0. The molecule has 1 aromatic rings. The largest absolute Gasteiger partial charge is 0.459 e. The second-order valence-corrected chi connectivity index (χ2v) is 1.99. The Hall–Kier alpha value is -1.58. The molecule has 4 heteroatoms. The van der Waals surface area contributed by atoms with Gasteiger partial charge in [0.25, 0.3) is 5.91 Å². The van der Waals surface area contributed by atoms with Gasteiger partial charge in [-0.2, -0.15) is 0 Å². The number of carbonyl (C=O) groups excluding carboxylic acids is 2. The summed E-state index contributed by atoms with van der Waals surface area (Å²) in [7, 11) is 0. The summed E-state index contributed by atoms with van der Waals surface area (Å²) >= 11 is 0. The molecule has 0 bridgehead atoms. The van der Waals surface area contributed by atoms with Crippen LogP contribution in [0.15, 0.2) is 22.8 Å². The minimum atomic E-state index is -0.512. The van der Waals surface area contributed by atoms with Crippen LogP contribution in [0.2, 0.25) is 0 Å². The monoisotopic (exact) mass is 153 g/mol. The molecule has 0 saturated carbocycles. The zero-order chi connectivity index (χ0) is 8.27. The molecule has 0 aliphatic rings. The SMILES string of the molecule is CC(=O)NC(=O)c1ccco1. The Balaban J connectivity index is 2.64. The Morgan fingerprint density at radius 2 is 2.27 bits per heavy atom. The maximum absolute atomic E-state index is 10.9. The highest BCUT2D eigenvalue weighted by molar-refractivity contribution is 6.02. The molecule has 0 spiro atoms. The van der Waals surface area contributed by atoms with E-state index < -0.39 is 11.8 Å². The molecule has 1 rings (SSSR count). The molecule has 0 atom stereocenters. The molecule has 2 amide bonds. The molecule has 0 fully saturated rings. The zero-order valence-corrected chi connectivity index (χ0v) is 5.96. The van der Waals surface area contributed by atoms with E-state index in [0.29, 0.717) is 0 Å². The fourth-order valence-corrected chi connectivity index (χ4v) is 0.629. The fourth-order valence-electron chi connectivity index (χ4n) is 0.629. The Morgan fingerprint density at radius 3 is 2.73 bits per heavy atom. The first kappa shape index (κ1) is 7.53. The highest BCUT2D eigenvalue weighted by Gasteiger charge is 2.08. The summed E-state index contributed by atoms with van der Waals surface area (Å²) < 4.78 is 4.73. The maximum atomic E-state index is 10.9. The normalized spacial score (nSPS) is 9.18. The van der Waals surface area contributed by atoms with Gasteiger partial charge in [-0.05, 0) is 12.1 Å². The van der Waals surface area contributed by atoms with Crippen LogP contribution in [0.1, 0.15) is 17.5 Å². The van der Waals surface area contributed by atoms with Gasteiger partial charge in [-0.15, -0.1) is 0 Å². The summed E-state index contributed by atoms with van der Waals surface area (Å²) in [6.45, 7) is 1.26. The molecule has 4 nitrogen and oxygen atoms in total. The average Bonchev–Trinajstić information content (AvgIpc) is 2.35. The van der Waals surface area contributed by atoms with Gasteiger partial charge in [-0.25, -0.2) is 0 Å². The molecule has 0 saturated heterocycles. The van der Waals surface area contributed by atoms with Gasteiger partial charge in [0.2, 0.25) is 5.91 Å². The maximum Gasteiger partial charge on any atom is 0.293 e. The molecule has 0 radical (unpaired) electrons. The smallest absolute Gasteiger partial charge is 0.293 e. The first-order valence-electron chi connectivity index (χ1n) is 3.05. The lowest BCUT2D eigenvalue weighted by molar-refractivity contribution is -0.118. The van der Waals surface area contributed by atoms with E-state index in [-0.39, 0.29) is 5.76 Å². The number of amides is 2. The van der Waals surface area contributed by atoms with E-state index in [4.69, 9.17) is 4.42 Å². The van der Waals surface area contributed by atoms with Crippen molar-refractivity contribution in [2.45, 2.75) is 6.92 Å². The zero-order valence-electron chi connectivity index (χ0n) is 5.96. The van der Waals surface area contributed by atoms with Crippen molar-refractivity contribution in [3.63, 3.8) is 0 Å². The highest BCUT2D eigenvalue weighted by Crippen LogP contribution is 1.98. The van der Waals surface area contributed by atoms with Crippen molar-refractivity contribution in [3.05, 3.63) is 24.2 Å². The highest BCUT2D eigenvalue weighted by atomic mass is 16.3. The molecule has 58 valence electrons. The van der Waals surface area contributed by atoms with Gasteiger partial charge in [0.1, 0.15) is 0 Å². The molecule has 0 aliphatic heterocycles. The van der Waals surface area contributed by atoms with Crippen molar-refractivity contribution in [1.29, 1.82) is 0 Å². The molecular formula is C7H7NO3. The summed E-state index contributed by atoms with van der Waals surface area (Å²) in [5, 5.41) is 2.07. The van der Waals surface area contributed by atoms with Crippen LogP contribution in [0.4, 0.5) is 0 Å². The summed E-state index contributed by atoms with van der Waals surface area (Å²) in [4.78, 5) is 21.3. The fraction of sp³-hybridized carbons (Fsp3) is 0.143. The first-order chi connectivity index (χ1) is 5.20. The lowest BCUT2D eigenvalue weighted by atomic mass is 10.4. The van der Waals surface area contributed by atoms with Crippen LogP contribution in [-0.2, 0) is 4.79 Å². The van der Waals surface area contributed by atoms with E-state index in [1.165, 1.54) is 19.3 Å². The van der Waals surface area contributed by atoms with E-state index in [2.05, 4.69) is 5.32 Å². The van der Waals surface area contributed by atoms with Crippen LogP contribution in [-0.4, -0.2) is 11.8 Å². The summed E-state index contributed by atoms with van der Waals surface area (Å²) in [5.74, 6) is -0.769. The predicted molar refractivity (Wildman–Crippen MR) is 36.9 cm³/mol. The van der Waals surface area contributed by atoms with Crippen molar-refractivity contribution in [2.75, 3.05) is 0 Å². The van der Waals surface area contributed by atoms with Gasteiger partial charge in [-0.3, -0.25) is 14.9 Å². The van der Waals surface area contributed by atoms with Gasteiger partial charge in [0, 0.05) is 6.92 Å². The molecule has 1 aromatic heterocycles. The number of imide groups is 1. The second kappa shape index (κ2) is 3.01. The minimum Gasteiger partial charge on any atom is -0.459 e. The van der Waals surface area contributed by atoms with Crippen LogP contribution in [0.5, 0.6) is 0 Å². The number of furan rings is 1. The van der Waals surface area contributed by atoms with Crippen molar-refractivity contribution >= 4 is 11.8 Å². The second-order valence-electron chi connectivity index (χ2n) is 1.99. The van der Waals surface area contributed by atoms with Gasteiger partial charge >= 0.3 is 0 Å². The van der Waals surface area contributed by atoms with Gasteiger partial charge in [0.15, 0.2) is 5.76 Å². The van der Waals surface area contributed by atoms with Crippen molar-refractivity contribution in [2.24, 2.45) is 0 Å². The van der Waals surface area contributed by atoms with E-state index in [9.17, 15) is 9.59 Å². The van der Waals surface area contributed by atoms with Crippen molar-refractivity contribution < 1.29 is 14.0 Å². The van der Waals surface area contributed by atoms with Crippen LogP contribution in [0, 0.1) is 0 Å². The number of nitrogens with one attached hydrogen (secondary N) is 1. The van der Waals surface area contributed by atoms with Gasteiger partial charge < -0.3 is 4.42 Å². The minimum absolute atomic E-state index is 0.139. The number of hydrogen-bond acceptors (Lipinski definition) is 3. The quantitative estimate of drug-likeness (QED) is 0.641. The van der Waals surface area contributed by atoms with E-state index in [1.54, 1.807) is 6.07 Å². The van der Waals surface area contributed by atoms with E-state index >= 15 is 0 Å². The first-order valence-corrected chi connectivity index (χ1v) is 3.05. The molecule has 1 heterocycles. The Kier molecular flexibility index (Phi) is 2.06. The number of rotatable bonds is 1. The Labute approximate surface area is 63.2 Å². The van der Waals surface area contributed by atoms with E-state index in [0.717, 1.165) is 0 Å². The summed E-state index contributed by atoms with van der Waals surface area (Å²) in [6, 6.07) is 3.06. The van der Waals surface area contributed by atoms with Crippen molar-refractivity contribution in [3.8, 4) is 0 Å². The van der Waals surface area contributed by atoms with Crippen molar-refractivity contribution in [1.82, 2.24) is 5.32 Å². The molecule has 0 unspecified atom stereocenters. The third-order valence-corrected chi connectivity index (χ3v) is 1.03. The van der Waals surface area contributed by atoms with Crippen LogP contribution < -0.4 is 5.32 Å². The molecule has 0 aliphatic carbocycles. The third-order valence-electron chi connectivity index (χ3n) is 1.03. The van der Waals surface area contributed by atoms with Gasteiger partial charge in [0.05, 0.1) is 6.26 Å². The van der Waals surface area contributed by atoms with E-state index in [1.807, 2.05) is 0 Å². The van der Waals surface area contributed by atoms with Gasteiger partial charge in [-0.1, -0.05) is 0 Å². The summed E-state index contributed by atoms with van der Waals surface area (Å²) in [6.07, 6.45) is 1.37. The molecule has 0 aromatic carbocycles. The van der Waals surface area contributed by atoms with Crippen LogP contribution in [0.3, 0.4) is 0 Å². The number of hydrogen-bond donors (Lipinski definition) is 1. The standard InChI is InChI=1S/C7H7NO3/c1-5(9)8-7(10)6-3-2-4-11-6/h2-4H,1H3,(H,8,9,10). The number of carbonyl (C=O) groups is 2.